The molecular weight excluding hydrogens is 150 g/mol. The summed E-state index contributed by atoms with van der Waals surface area (Å²) in [4.78, 5) is 0. The van der Waals surface area contributed by atoms with Crippen LogP contribution >= 0.6 is 12.4 Å². The minimum atomic E-state index is 0. The second-order valence-electron chi connectivity index (χ2n) is 3.51. The lowest BCUT2D eigenvalue weighted by Crippen LogP contribution is -2.77. The molecule has 0 unspecified atom stereocenters. The van der Waals surface area contributed by atoms with Crippen molar-refractivity contribution in [2.45, 2.75) is 37.3 Å². The van der Waals surface area contributed by atoms with Crippen LogP contribution in [0, 0.1) is 0 Å². The van der Waals surface area contributed by atoms with Crippen LogP contribution in [0.25, 0.3) is 0 Å². The Morgan fingerprint density at radius 3 is 2.20 bits per heavy atom. The zero-order valence-corrected chi connectivity index (χ0v) is 7.04. The summed E-state index contributed by atoms with van der Waals surface area (Å²) in [6, 6.07) is 0. The van der Waals surface area contributed by atoms with E-state index in [9.17, 15) is 0 Å². The molecule has 0 saturated heterocycles. The standard InChI is InChI=1S/C7H13NO.ClH/c1-2-9-7-3-6(8,4-7)5-7;/h2-5,8H2,1H3;1H. The number of halogens is 1. The van der Waals surface area contributed by atoms with E-state index in [4.69, 9.17) is 10.5 Å². The summed E-state index contributed by atoms with van der Waals surface area (Å²) in [6.45, 7) is 2.89. The molecule has 3 saturated carbocycles. The van der Waals surface area contributed by atoms with E-state index in [-0.39, 0.29) is 23.5 Å². The lowest BCUT2D eigenvalue weighted by atomic mass is 9.46. The van der Waals surface area contributed by atoms with Crippen molar-refractivity contribution in [1.82, 2.24) is 0 Å². The Bertz CT molecular complexity index is 123. The van der Waals surface area contributed by atoms with Crippen LogP contribution in [0.4, 0.5) is 0 Å². The second-order valence-corrected chi connectivity index (χ2v) is 3.51. The van der Waals surface area contributed by atoms with E-state index in [0.717, 1.165) is 25.9 Å². The van der Waals surface area contributed by atoms with Crippen molar-refractivity contribution in [3.05, 3.63) is 0 Å². The van der Waals surface area contributed by atoms with Crippen LogP contribution < -0.4 is 5.73 Å². The fourth-order valence-corrected chi connectivity index (χ4v) is 2.23. The van der Waals surface area contributed by atoms with Crippen LogP contribution in [-0.2, 0) is 4.74 Å². The van der Waals surface area contributed by atoms with Crippen LogP contribution in [0.5, 0.6) is 0 Å². The minimum absolute atomic E-state index is 0. The lowest BCUT2D eigenvalue weighted by molar-refractivity contribution is -0.236. The molecule has 0 aromatic carbocycles. The molecule has 0 aromatic heterocycles. The molecule has 0 radical (unpaired) electrons. The zero-order chi connectivity index (χ0) is 6.54. The fourth-order valence-electron chi connectivity index (χ4n) is 2.23. The van der Waals surface area contributed by atoms with Gasteiger partial charge in [-0.3, -0.25) is 0 Å². The molecule has 0 atom stereocenters. The van der Waals surface area contributed by atoms with Gasteiger partial charge in [-0.15, -0.1) is 12.4 Å². The van der Waals surface area contributed by atoms with Crippen molar-refractivity contribution in [3.63, 3.8) is 0 Å². The predicted molar refractivity (Wildman–Crippen MR) is 42.4 cm³/mol. The Hall–Kier alpha value is 0.210. The van der Waals surface area contributed by atoms with Gasteiger partial charge < -0.3 is 10.5 Å². The van der Waals surface area contributed by atoms with Gasteiger partial charge in [0.15, 0.2) is 0 Å². The summed E-state index contributed by atoms with van der Waals surface area (Å²) in [5.41, 5.74) is 6.28. The molecule has 3 rings (SSSR count). The maximum absolute atomic E-state index is 5.82. The smallest absolute Gasteiger partial charge is 0.0734 e. The first kappa shape index (κ1) is 8.31. The van der Waals surface area contributed by atoms with Crippen molar-refractivity contribution in [2.75, 3.05) is 6.61 Å². The van der Waals surface area contributed by atoms with Crippen LogP contribution in [0.15, 0.2) is 0 Å². The monoisotopic (exact) mass is 163 g/mol. The minimum Gasteiger partial charge on any atom is -0.375 e. The van der Waals surface area contributed by atoms with Crippen molar-refractivity contribution >= 4 is 12.4 Å². The SMILES string of the molecule is CCOC12CC(N)(C1)C2.Cl. The van der Waals surface area contributed by atoms with Gasteiger partial charge in [-0.2, -0.15) is 0 Å². The van der Waals surface area contributed by atoms with Crippen molar-refractivity contribution in [3.8, 4) is 0 Å². The highest BCUT2D eigenvalue weighted by Crippen LogP contribution is 2.60. The number of rotatable bonds is 2. The Balaban J connectivity index is 0.000000500. The van der Waals surface area contributed by atoms with E-state index < -0.39 is 0 Å². The summed E-state index contributed by atoms with van der Waals surface area (Å²) in [5.74, 6) is 0. The van der Waals surface area contributed by atoms with Gasteiger partial charge >= 0.3 is 0 Å². The van der Waals surface area contributed by atoms with Crippen molar-refractivity contribution < 1.29 is 4.74 Å². The average Bonchev–Trinajstić information content (AvgIpc) is 1.60. The Morgan fingerprint density at radius 2 is 1.90 bits per heavy atom. The van der Waals surface area contributed by atoms with Gasteiger partial charge in [0, 0.05) is 12.1 Å². The molecule has 2 bridgehead atoms. The Morgan fingerprint density at radius 1 is 1.40 bits per heavy atom. The average molecular weight is 164 g/mol. The normalized spacial score (nSPS) is 48.6. The van der Waals surface area contributed by atoms with E-state index in [1.54, 1.807) is 0 Å². The van der Waals surface area contributed by atoms with Gasteiger partial charge in [0.05, 0.1) is 5.60 Å². The van der Waals surface area contributed by atoms with E-state index in [0.29, 0.717) is 0 Å². The molecule has 3 fully saturated rings. The molecule has 10 heavy (non-hydrogen) atoms. The topological polar surface area (TPSA) is 35.2 Å². The summed E-state index contributed by atoms with van der Waals surface area (Å²) in [5, 5.41) is 0. The molecule has 3 aliphatic rings. The Kier molecular flexibility index (Phi) is 1.74. The van der Waals surface area contributed by atoms with Gasteiger partial charge in [-0.1, -0.05) is 0 Å². The highest BCUT2D eigenvalue weighted by molar-refractivity contribution is 5.85. The fraction of sp³-hybridized carbons (Fsp3) is 1.00. The quantitative estimate of drug-likeness (QED) is 0.661. The van der Waals surface area contributed by atoms with Crippen molar-refractivity contribution in [1.29, 1.82) is 0 Å². The summed E-state index contributed by atoms with van der Waals surface area (Å²) >= 11 is 0. The maximum Gasteiger partial charge on any atom is 0.0734 e. The van der Waals surface area contributed by atoms with Crippen molar-refractivity contribution in [2.24, 2.45) is 5.73 Å². The predicted octanol–water partition coefficient (Wildman–Crippen LogP) is 1.08. The van der Waals surface area contributed by atoms with E-state index >= 15 is 0 Å². The van der Waals surface area contributed by atoms with Gasteiger partial charge in [0.2, 0.25) is 0 Å². The molecule has 2 nitrogen and oxygen atoms in total. The maximum atomic E-state index is 5.82. The van der Waals surface area contributed by atoms with Crippen LogP contribution in [0.3, 0.4) is 0 Å². The summed E-state index contributed by atoms with van der Waals surface area (Å²) in [6.07, 6.45) is 3.32. The first-order chi connectivity index (χ1) is 4.18. The van der Waals surface area contributed by atoms with Gasteiger partial charge in [-0.05, 0) is 26.2 Å². The molecule has 60 valence electrons. The number of nitrogens with two attached hydrogens (primary N) is 1. The van der Waals surface area contributed by atoms with Gasteiger partial charge in [0.25, 0.3) is 0 Å². The summed E-state index contributed by atoms with van der Waals surface area (Å²) < 4.78 is 5.52. The highest BCUT2D eigenvalue weighted by atomic mass is 35.5. The molecule has 0 amide bonds. The number of hydrogen-bond acceptors (Lipinski definition) is 2. The van der Waals surface area contributed by atoms with E-state index in [2.05, 4.69) is 0 Å². The van der Waals surface area contributed by atoms with Crippen LogP contribution in [0.1, 0.15) is 26.2 Å². The van der Waals surface area contributed by atoms with Crippen LogP contribution in [0.2, 0.25) is 0 Å². The first-order valence-electron chi connectivity index (χ1n) is 3.61. The molecule has 0 spiro atoms. The molecule has 0 heterocycles. The lowest BCUT2D eigenvalue weighted by Gasteiger charge is -2.68. The van der Waals surface area contributed by atoms with Crippen LogP contribution in [-0.4, -0.2) is 17.7 Å². The molecule has 3 heteroatoms. The first-order valence-corrected chi connectivity index (χ1v) is 3.61. The molecule has 0 aromatic rings. The number of ether oxygens (including phenoxy) is 1. The van der Waals surface area contributed by atoms with Gasteiger partial charge in [-0.25, -0.2) is 0 Å². The molecule has 0 aliphatic heterocycles. The molecule has 3 aliphatic carbocycles. The van der Waals surface area contributed by atoms with E-state index in [1.807, 2.05) is 6.92 Å². The molecular formula is C7H14ClNO. The summed E-state index contributed by atoms with van der Waals surface area (Å²) in [7, 11) is 0. The van der Waals surface area contributed by atoms with Gasteiger partial charge in [0.1, 0.15) is 0 Å². The Labute approximate surface area is 67.5 Å². The number of hydrogen-bond donors (Lipinski definition) is 1. The third-order valence-corrected chi connectivity index (χ3v) is 2.47. The van der Waals surface area contributed by atoms with E-state index in [1.165, 1.54) is 0 Å². The molecule has 2 N–H and O–H groups in total. The second kappa shape index (κ2) is 2.10. The third kappa shape index (κ3) is 0.865. The zero-order valence-electron chi connectivity index (χ0n) is 6.22. The largest absolute Gasteiger partial charge is 0.375 e. The third-order valence-electron chi connectivity index (χ3n) is 2.47. The highest BCUT2D eigenvalue weighted by Gasteiger charge is 2.66.